The fourth-order valence-corrected chi connectivity index (χ4v) is 3.82. The van der Waals surface area contributed by atoms with Crippen LogP contribution in [0.15, 0.2) is 41.5 Å². The monoisotopic (exact) mass is 352 g/mol. The van der Waals surface area contributed by atoms with Crippen LogP contribution < -0.4 is 10.9 Å². The summed E-state index contributed by atoms with van der Waals surface area (Å²) in [5.74, 6) is 0.134. The van der Waals surface area contributed by atoms with Crippen LogP contribution in [0.1, 0.15) is 52.8 Å². The number of H-pyrrole nitrogens is 1. The summed E-state index contributed by atoms with van der Waals surface area (Å²) in [6.07, 6.45) is 3.28. The van der Waals surface area contributed by atoms with E-state index in [1.54, 1.807) is 6.07 Å². The van der Waals surface area contributed by atoms with Gasteiger partial charge in [0.25, 0.3) is 11.5 Å². The first-order chi connectivity index (χ1) is 12.6. The van der Waals surface area contributed by atoms with Crippen molar-refractivity contribution in [2.45, 2.75) is 31.2 Å². The number of hydrogen-bond acceptors (Lipinski definition) is 4. The Morgan fingerprint density at radius 1 is 1.19 bits per heavy atom. The molecule has 2 N–H and O–H groups in total. The second-order valence-electron chi connectivity index (χ2n) is 6.81. The molecule has 0 saturated carbocycles. The zero-order valence-electron chi connectivity index (χ0n) is 14.3. The van der Waals surface area contributed by atoms with Crippen molar-refractivity contribution in [2.75, 3.05) is 13.1 Å². The minimum atomic E-state index is -0.252. The third kappa shape index (κ3) is 3.12. The van der Waals surface area contributed by atoms with E-state index in [9.17, 15) is 14.4 Å². The molecule has 7 nitrogen and oxygen atoms in total. The summed E-state index contributed by atoms with van der Waals surface area (Å²) in [5.41, 5.74) is 2.19. The molecule has 2 aliphatic rings. The molecule has 1 aromatic heterocycles. The van der Waals surface area contributed by atoms with Gasteiger partial charge in [-0.05, 0) is 24.5 Å². The van der Waals surface area contributed by atoms with Crippen molar-refractivity contribution >= 4 is 11.8 Å². The lowest BCUT2D eigenvalue weighted by Crippen LogP contribution is -2.39. The van der Waals surface area contributed by atoms with Crippen LogP contribution in [0.5, 0.6) is 0 Å². The summed E-state index contributed by atoms with van der Waals surface area (Å²) in [4.78, 5) is 44.7. The minimum Gasteiger partial charge on any atom is -0.345 e. The van der Waals surface area contributed by atoms with Crippen molar-refractivity contribution in [2.24, 2.45) is 0 Å². The Bertz CT molecular complexity index is 899. The van der Waals surface area contributed by atoms with Gasteiger partial charge in [-0.15, -0.1) is 0 Å². The molecule has 0 aliphatic carbocycles. The second-order valence-corrected chi connectivity index (χ2v) is 6.81. The molecule has 0 bridgehead atoms. The maximum Gasteiger partial charge on any atom is 0.252 e. The number of fused-ring (bicyclic) bond motifs is 1. The van der Waals surface area contributed by atoms with E-state index in [1.165, 1.54) is 12.4 Å². The van der Waals surface area contributed by atoms with Crippen molar-refractivity contribution in [3.63, 3.8) is 0 Å². The molecule has 3 heterocycles. The SMILES string of the molecule is O=C1N[C@@H](CC(=O)N2CCC(c3cc(=O)[nH]cn3)CC2)c2ccccc21. The average molecular weight is 352 g/mol. The number of nitrogens with one attached hydrogen (secondary N) is 2. The van der Waals surface area contributed by atoms with Crippen molar-refractivity contribution in [3.8, 4) is 0 Å². The molecule has 1 aromatic carbocycles. The predicted octanol–water partition coefficient (Wildman–Crippen LogP) is 1.35. The number of aromatic amines is 1. The van der Waals surface area contributed by atoms with E-state index >= 15 is 0 Å². The van der Waals surface area contributed by atoms with Gasteiger partial charge in [0.1, 0.15) is 0 Å². The number of hydrogen-bond donors (Lipinski definition) is 2. The number of benzene rings is 1. The van der Waals surface area contributed by atoms with Crippen LogP contribution in [0.4, 0.5) is 0 Å². The lowest BCUT2D eigenvalue weighted by Gasteiger charge is -2.32. The van der Waals surface area contributed by atoms with E-state index < -0.39 is 0 Å². The van der Waals surface area contributed by atoms with Gasteiger partial charge in [-0.1, -0.05) is 18.2 Å². The molecule has 1 saturated heterocycles. The number of nitrogens with zero attached hydrogens (tertiary/aromatic N) is 2. The quantitative estimate of drug-likeness (QED) is 0.872. The molecular formula is C19H20N4O3. The zero-order chi connectivity index (χ0) is 18.1. The molecule has 4 rings (SSSR count). The van der Waals surface area contributed by atoms with Gasteiger partial charge in [0.05, 0.1) is 24.5 Å². The molecule has 2 amide bonds. The lowest BCUT2D eigenvalue weighted by atomic mass is 9.93. The third-order valence-electron chi connectivity index (χ3n) is 5.23. The number of likely N-dealkylation sites (tertiary alicyclic amines) is 1. The van der Waals surface area contributed by atoms with Gasteiger partial charge in [-0.25, -0.2) is 4.98 Å². The van der Waals surface area contributed by atoms with E-state index in [1.807, 2.05) is 23.1 Å². The summed E-state index contributed by atoms with van der Waals surface area (Å²) in [6.45, 7) is 1.28. The van der Waals surface area contributed by atoms with Gasteiger partial charge in [0.2, 0.25) is 5.91 Å². The molecule has 2 aliphatic heterocycles. The van der Waals surface area contributed by atoms with Crippen molar-refractivity contribution in [1.29, 1.82) is 0 Å². The number of aromatic nitrogens is 2. The Labute approximate surface area is 150 Å². The van der Waals surface area contributed by atoms with Crippen molar-refractivity contribution in [3.05, 3.63) is 63.8 Å². The van der Waals surface area contributed by atoms with Crippen LogP contribution in [0.3, 0.4) is 0 Å². The van der Waals surface area contributed by atoms with Crippen LogP contribution in [-0.4, -0.2) is 39.8 Å². The Morgan fingerprint density at radius 3 is 2.73 bits per heavy atom. The molecule has 1 atom stereocenters. The van der Waals surface area contributed by atoms with Crippen LogP contribution in [0.2, 0.25) is 0 Å². The van der Waals surface area contributed by atoms with Gasteiger partial charge in [0.15, 0.2) is 0 Å². The van der Waals surface area contributed by atoms with Crippen LogP contribution in [0, 0.1) is 0 Å². The molecular weight excluding hydrogens is 332 g/mol. The zero-order valence-corrected chi connectivity index (χ0v) is 14.3. The number of piperidine rings is 1. The van der Waals surface area contributed by atoms with Gasteiger partial charge < -0.3 is 15.2 Å². The third-order valence-corrected chi connectivity index (χ3v) is 5.23. The fourth-order valence-electron chi connectivity index (χ4n) is 3.82. The Morgan fingerprint density at radius 2 is 1.96 bits per heavy atom. The summed E-state index contributed by atoms with van der Waals surface area (Å²) < 4.78 is 0. The summed E-state index contributed by atoms with van der Waals surface area (Å²) in [5, 5.41) is 2.90. The van der Waals surface area contributed by atoms with E-state index in [4.69, 9.17) is 0 Å². The smallest absolute Gasteiger partial charge is 0.252 e. The molecule has 1 fully saturated rings. The lowest BCUT2D eigenvalue weighted by molar-refractivity contribution is -0.132. The molecule has 0 unspecified atom stereocenters. The normalized spacial score (nSPS) is 19.9. The highest BCUT2D eigenvalue weighted by Crippen LogP contribution is 2.30. The first kappa shape index (κ1) is 16.5. The summed E-state index contributed by atoms with van der Waals surface area (Å²) >= 11 is 0. The molecule has 0 radical (unpaired) electrons. The average Bonchev–Trinajstić information content (AvgIpc) is 2.98. The van der Waals surface area contributed by atoms with E-state index in [-0.39, 0.29) is 35.8 Å². The molecule has 7 heteroatoms. The van der Waals surface area contributed by atoms with E-state index in [0.717, 1.165) is 24.1 Å². The van der Waals surface area contributed by atoms with Gasteiger partial charge in [-0.3, -0.25) is 14.4 Å². The molecule has 2 aromatic rings. The maximum absolute atomic E-state index is 12.7. The highest BCUT2D eigenvalue weighted by Gasteiger charge is 2.32. The maximum atomic E-state index is 12.7. The van der Waals surface area contributed by atoms with Crippen LogP contribution in [-0.2, 0) is 4.79 Å². The Kier molecular flexibility index (Phi) is 4.28. The fraction of sp³-hybridized carbons (Fsp3) is 0.368. The Hall–Kier alpha value is -2.96. The number of amides is 2. The van der Waals surface area contributed by atoms with Crippen LogP contribution in [0.25, 0.3) is 0 Å². The van der Waals surface area contributed by atoms with Gasteiger partial charge in [-0.2, -0.15) is 0 Å². The van der Waals surface area contributed by atoms with Crippen molar-refractivity contribution < 1.29 is 9.59 Å². The highest BCUT2D eigenvalue weighted by molar-refractivity contribution is 5.99. The minimum absolute atomic E-state index is 0.0457. The summed E-state index contributed by atoms with van der Waals surface area (Å²) in [6, 6.07) is 8.68. The number of carbonyl (C=O) groups excluding carboxylic acids is 2. The van der Waals surface area contributed by atoms with Crippen molar-refractivity contribution in [1.82, 2.24) is 20.2 Å². The summed E-state index contributed by atoms with van der Waals surface area (Å²) in [7, 11) is 0. The highest BCUT2D eigenvalue weighted by atomic mass is 16.2. The molecule has 0 spiro atoms. The number of rotatable bonds is 3. The van der Waals surface area contributed by atoms with E-state index in [2.05, 4.69) is 15.3 Å². The van der Waals surface area contributed by atoms with Gasteiger partial charge in [0, 0.05) is 30.6 Å². The predicted molar refractivity (Wildman–Crippen MR) is 94.7 cm³/mol. The van der Waals surface area contributed by atoms with Crippen LogP contribution >= 0.6 is 0 Å². The first-order valence-corrected chi connectivity index (χ1v) is 8.84. The first-order valence-electron chi connectivity index (χ1n) is 8.84. The van der Waals surface area contributed by atoms with Gasteiger partial charge >= 0.3 is 0 Å². The second kappa shape index (κ2) is 6.74. The standard InChI is InChI=1S/C19H20N4O3/c24-17-9-15(20-11-21-17)12-5-7-23(8-6-12)18(25)10-16-13-3-1-2-4-14(13)19(26)22-16/h1-4,9,11-12,16H,5-8,10H2,(H,22,26)(H,20,21,24)/t16-/m0/s1. The Balaban J connectivity index is 1.37. The molecule has 134 valence electrons. The van der Waals surface area contributed by atoms with E-state index in [0.29, 0.717) is 18.7 Å². The largest absolute Gasteiger partial charge is 0.345 e. The number of carbonyl (C=O) groups is 2. The molecule has 26 heavy (non-hydrogen) atoms. The topological polar surface area (TPSA) is 95.2 Å².